The highest BCUT2D eigenvalue weighted by Crippen LogP contribution is 2.38. The minimum atomic E-state index is -0.813. The first-order chi connectivity index (χ1) is 10.0. The van der Waals surface area contributed by atoms with Crippen LogP contribution in [0.3, 0.4) is 0 Å². The van der Waals surface area contributed by atoms with Crippen LogP contribution < -0.4 is 5.32 Å². The Morgan fingerprint density at radius 3 is 2.29 bits per heavy atom. The van der Waals surface area contributed by atoms with Crippen LogP contribution in [-0.4, -0.2) is 23.0 Å². The van der Waals surface area contributed by atoms with Crippen molar-refractivity contribution in [3.63, 3.8) is 0 Å². The first-order valence-electron chi connectivity index (χ1n) is 8.56. The van der Waals surface area contributed by atoms with Crippen molar-refractivity contribution in [1.29, 1.82) is 0 Å². The lowest BCUT2D eigenvalue weighted by Gasteiger charge is -2.22. The van der Waals surface area contributed by atoms with Crippen molar-refractivity contribution >= 4 is 11.9 Å². The lowest BCUT2D eigenvalue weighted by atomic mass is 9.94. The second-order valence-electron chi connectivity index (χ2n) is 6.43. The number of rotatable bonds is 9. The van der Waals surface area contributed by atoms with Gasteiger partial charge < -0.3 is 10.4 Å². The molecule has 0 aromatic heterocycles. The van der Waals surface area contributed by atoms with E-state index in [9.17, 15) is 14.7 Å². The summed E-state index contributed by atoms with van der Waals surface area (Å²) in [5.41, 5.74) is 0. The highest BCUT2D eigenvalue weighted by molar-refractivity contribution is 5.85. The van der Waals surface area contributed by atoms with E-state index in [0.717, 1.165) is 44.9 Å². The van der Waals surface area contributed by atoms with E-state index in [4.69, 9.17) is 0 Å². The fraction of sp³-hybridized carbons (Fsp3) is 0.882. The maximum absolute atomic E-state index is 12.5. The molecule has 1 amide bonds. The maximum atomic E-state index is 12.5. The number of carboxylic acid groups (broad SMARTS) is 1. The Hall–Kier alpha value is -1.06. The van der Waals surface area contributed by atoms with Crippen molar-refractivity contribution in [3.05, 3.63) is 0 Å². The van der Waals surface area contributed by atoms with E-state index in [0.29, 0.717) is 12.3 Å². The second-order valence-corrected chi connectivity index (χ2v) is 6.43. The third kappa shape index (κ3) is 5.33. The molecule has 0 bridgehead atoms. The summed E-state index contributed by atoms with van der Waals surface area (Å²) in [6, 6.07) is 0.206. The Labute approximate surface area is 128 Å². The number of unbranched alkanes of at least 4 members (excludes halogenated alkanes) is 1. The van der Waals surface area contributed by atoms with Crippen LogP contribution in [0.25, 0.3) is 0 Å². The van der Waals surface area contributed by atoms with Gasteiger partial charge in [-0.05, 0) is 31.6 Å². The number of aliphatic carboxylic acids is 1. The quantitative estimate of drug-likeness (QED) is 0.683. The van der Waals surface area contributed by atoms with E-state index in [-0.39, 0.29) is 17.9 Å². The molecule has 0 heterocycles. The molecule has 2 N–H and O–H groups in total. The number of hydrogen-bond acceptors (Lipinski definition) is 2. The number of nitrogens with one attached hydrogen (secondary N) is 1. The summed E-state index contributed by atoms with van der Waals surface area (Å²) < 4.78 is 0. The highest BCUT2D eigenvalue weighted by Gasteiger charge is 2.42. The van der Waals surface area contributed by atoms with Crippen molar-refractivity contribution in [2.24, 2.45) is 17.8 Å². The topological polar surface area (TPSA) is 66.4 Å². The van der Waals surface area contributed by atoms with Gasteiger partial charge in [-0.15, -0.1) is 0 Å². The predicted molar refractivity (Wildman–Crippen MR) is 84.0 cm³/mol. The summed E-state index contributed by atoms with van der Waals surface area (Å²) in [5.74, 6) is -1.31. The van der Waals surface area contributed by atoms with Gasteiger partial charge in [-0.1, -0.05) is 46.5 Å². The number of carbonyl (C=O) groups excluding carboxylic acids is 1. The van der Waals surface area contributed by atoms with Gasteiger partial charge in [-0.25, -0.2) is 0 Å². The van der Waals surface area contributed by atoms with Crippen LogP contribution in [0.15, 0.2) is 0 Å². The summed E-state index contributed by atoms with van der Waals surface area (Å²) in [7, 11) is 0. The molecule has 0 radical (unpaired) electrons. The lowest BCUT2D eigenvalue weighted by Crippen LogP contribution is -2.41. The third-order valence-corrected chi connectivity index (χ3v) is 4.78. The van der Waals surface area contributed by atoms with Gasteiger partial charge in [0.15, 0.2) is 0 Å². The number of carbonyl (C=O) groups is 2. The molecule has 1 saturated carbocycles. The van der Waals surface area contributed by atoms with Crippen molar-refractivity contribution in [2.45, 2.75) is 78.2 Å². The molecule has 1 fully saturated rings. The van der Waals surface area contributed by atoms with E-state index < -0.39 is 11.9 Å². The van der Waals surface area contributed by atoms with E-state index in [1.54, 1.807) is 0 Å². The fourth-order valence-electron chi connectivity index (χ4n) is 3.43. The Bertz CT molecular complexity index is 343. The molecule has 122 valence electrons. The van der Waals surface area contributed by atoms with Crippen molar-refractivity contribution in [1.82, 2.24) is 5.32 Å². The summed E-state index contributed by atoms with van der Waals surface area (Å²) in [6.07, 6.45) is 7.58. The number of hydrogen-bond donors (Lipinski definition) is 2. The van der Waals surface area contributed by atoms with Crippen LogP contribution in [0.1, 0.15) is 72.1 Å². The molecule has 4 atom stereocenters. The van der Waals surface area contributed by atoms with E-state index in [1.165, 1.54) is 0 Å². The molecule has 0 aromatic rings. The molecule has 0 aromatic carbocycles. The van der Waals surface area contributed by atoms with Gasteiger partial charge in [0.2, 0.25) is 5.91 Å². The highest BCUT2D eigenvalue weighted by atomic mass is 16.4. The Morgan fingerprint density at radius 1 is 1.10 bits per heavy atom. The minimum Gasteiger partial charge on any atom is -0.481 e. The maximum Gasteiger partial charge on any atom is 0.307 e. The Kier molecular flexibility index (Phi) is 7.76. The molecule has 4 nitrogen and oxygen atoms in total. The van der Waals surface area contributed by atoms with Crippen LogP contribution in [0.4, 0.5) is 0 Å². The molecular formula is C17H31NO3. The van der Waals surface area contributed by atoms with Gasteiger partial charge in [0.25, 0.3) is 0 Å². The first kappa shape index (κ1) is 18.0. The molecule has 0 spiro atoms. The van der Waals surface area contributed by atoms with Crippen LogP contribution in [0.2, 0.25) is 0 Å². The monoisotopic (exact) mass is 297 g/mol. The summed E-state index contributed by atoms with van der Waals surface area (Å²) in [4.78, 5) is 23.9. The molecule has 1 aliphatic carbocycles. The van der Waals surface area contributed by atoms with E-state index in [1.807, 2.05) is 0 Å². The van der Waals surface area contributed by atoms with Gasteiger partial charge in [0.1, 0.15) is 0 Å². The standard InChI is InChI=1S/C17H31NO3/c1-4-7-9-13(8-5-2)18-16(19)14-10-12(6-3)11-15(14)17(20)21/h12-15H,4-11H2,1-3H3,(H,18,19)(H,20,21)/t12?,13?,14-,15+/m0/s1. The zero-order valence-electron chi connectivity index (χ0n) is 13.7. The van der Waals surface area contributed by atoms with Gasteiger partial charge in [-0.2, -0.15) is 0 Å². The number of amides is 1. The molecule has 0 saturated heterocycles. The summed E-state index contributed by atoms with van der Waals surface area (Å²) in [6.45, 7) is 6.34. The largest absolute Gasteiger partial charge is 0.481 e. The van der Waals surface area contributed by atoms with Gasteiger partial charge >= 0.3 is 5.97 Å². The smallest absolute Gasteiger partial charge is 0.307 e. The average Bonchev–Trinajstić information content (AvgIpc) is 2.89. The molecule has 1 aliphatic rings. The summed E-state index contributed by atoms with van der Waals surface area (Å²) >= 11 is 0. The average molecular weight is 297 g/mol. The van der Waals surface area contributed by atoms with Gasteiger partial charge in [-0.3, -0.25) is 9.59 Å². The molecule has 0 aliphatic heterocycles. The van der Waals surface area contributed by atoms with Crippen LogP contribution in [-0.2, 0) is 9.59 Å². The lowest BCUT2D eigenvalue weighted by molar-refractivity contribution is -0.146. The molecular weight excluding hydrogens is 266 g/mol. The molecule has 4 heteroatoms. The molecule has 21 heavy (non-hydrogen) atoms. The zero-order chi connectivity index (χ0) is 15.8. The molecule has 2 unspecified atom stereocenters. The Morgan fingerprint density at radius 2 is 1.76 bits per heavy atom. The van der Waals surface area contributed by atoms with E-state index >= 15 is 0 Å². The van der Waals surface area contributed by atoms with Crippen molar-refractivity contribution in [3.8, 4) is 0 Å². The normalized spacial score (nSPS) is 26.5. The molecule has 1 rings (SSSR count). The first-order valence-corrected chi connectivity index (χ1v) is 8.56. The predicted octanol–water partition coefficient (Wildman–Crippen LogP) is 3.60. The second kappa shape index (κ2) is 9.06. The SMILES string of the molecule is CCCCC(CCC)NC(=O)[C@H]1CC(CC)C[C@H]1C(=O)O. The van der Waals surface area contributed by atoms with Crippen LogP contribution in [0, 0.1) is 17.8 Å². The minimum absolute atomic E-state index is 0.0343. The van der Waals surface area contributed by atoms with Gasteiger partial charge in [0, 0.05) is 6.04 Å². The van der Waals surface area contributed by atoms with Crippen molar-refractivity contribution in [2.75, 3.05) is 0 Å². The summed E-state index contributed by atoms with van der Waals surface area (Å²) in [5, 5.41) is 12.5. The van der Waals surface area contributed by atoms with Crippen LogP contribution >= 0.6 is 0 Å². The fourth-order valence-corrected chi connectivity index (χ4v) is 3.43. The third-order valence-electron chi connectivity index (χ3n) is 4.78. The van der Waals surface area contributed by atoms with Gasteiger partial charge in [0.05, 0.1) is 11.8 Å². The Balaban J connectivity index is 2.64. The number of carboxylic acids is 1. The zero-order valence-corrected chi connectivity index (χ0v) is 13.7. The van der Waals surface area contributed by atoms with Crippen molar-refractivity contribution < 1.29 is 14.7 Å². The van der Waals surface area contributed by atoms with E-state index in [2.05, 4.69) is 26.1 Å². The van der Waals surface area contributed by atoms with Crippen LogP contribution in [0.5, 0.6) is 0 Å².